The minimum Gasteiger partial charge on any atom is -0.498 e. The van der Waals surface area contributed by atoms with Crippen molar-refractivity contribution in [3.63, 3.8) is 0 Å². The minimum atomic E-state index is -4.30. The lowest BCUT2D eigenvalue weighted by Gasteiger charge is -2.19. The predicted octanol–water partition coefficient (Wildman–Crippen LogP) is 13.5. The highest BCUT2D eigenvalue weighted by Gasteiger charge is 2.25. The van der Waals surface area contributed by atoms with E-state index >= 15 is 0 Å². The van der Waals surface area contributed by atoms with E-state index in [2.05, 4.69) is 50.3 Å². The van der Waals surface area contributed by atoms with Gasteiger partial charge in [-0.05, 0) is 83.1 Å². The molecular weight excluding hydrogens is 697 g/mol. The van der Waals surface area contributed by atoms with Crippen LogP contribution in [-0.4, -0.2) is 43.3 Å². The van der Waals surface area contributed by atoms with Gasteiger partial charge in [0.1, 0.15) is 6.61 Å². The summed E-state index contributed by atoms with van der Waals surface area (Å²) >= 11 is 0. The number of unbranched alkanes of at least 4 members (excludes halogenated alkanes) is 23. The average Bonchev–Trinajstić information content (AvgIpc) is 3.16. The van der Waals surface area contributed by atoms with Crippen LogP contribution in [0.3, 0.4) is 0 Å². The van der Waals surface area contributed by atoms with E-state index in [1.54, 1.807) is 6.26 Å². The van der Waals surface area contributed by atoms with Gasteiger partial charge in [-0.15, -0.1) is 0 Å². The number of rotatable bonds is 42. The number of hydrogen-bond donors (Lipinski definition) is 2. The average molecular weight is 782 g/mol. The molecule has 9 heteroatoms. The molecule has 0 radical (unpaired) electrons. The number of phosphoric acid groups is 1. The Morgan fingerprint density at radius 2 is 1.00 bits per heavy atom. The molecule has 0 aromatic heterocycles. The molecule has 0 aromatic rings. The number of nitrogens with two attached hydrogens (primary N) is 1. The summed E-state index contributed by atoms with van der Waals surface area (Å²) in [6.45, 7) is 4.20. The molecule has 0 amide bonds. The van der Waals surface area contributed by atoms with E-state index in [4.69, 9.17) is 24.3 Å². The van der Waals surface area contributed by atoms with Crippen LogP contribution in [-0.2, 0) is 27.9 Å². The highest BCUT2D eigenvalue weighted by molar-refractivity contribution is 7.47. The van der Waals surface area contributed by atoms with Gasteiger partial charge < -0.3 is 20.1 Å². The maximum absolute atomic E-state index is 12.6. The van der Waals surface area contributed by atoms with Gasteiger partial charge in [-0.2, -0.15) is 0 Å². The van der Waals surface area contributed by atoms with E-state index in [1.807, 2.05) is 6.08 Å². The molecule has 0 aliphatic heterocycles. The number of ether oxygens (including phenoxy) is 2. The molecule has 3 N–H and O–H groups in total. The Kier molecular flexibility index (Phi) is 41.1. The lowest BCUT2D eigenvalue weighted by Crippen LogP contribution is -2.27. The quantitative estimate of drug-likeness (QED) is 0.0207. The van der Waals surface area contributed by atoms with Crippen LogP contribution in [0.2, 0.25) is 0 Å². The summed E-state index contributed by atoms with van der Waals surface area (Å²) in [6, 6.07) is 0. The number of phosphoric ester groups is 1. The molecule has 0 aliphatic carbocycles. The lowest BCUT2D eigenvalue weighted by atomic mass is 10.1. The lowest BCUT2D eigenvalue weighted by molar-refractivity contribution is -0.153. The molecule has 0 saturated heterocycles. The molecule has 0 rings (SSSR count). The van der Waals surface area contributed by atoms with Crippen molar-refractivity contribution < 1.29 is 32.8 Å². The second-order valence-corrected chi connectivity index (χ2v) is 16.1. The SMILES string of the molecule is CCCCCC=CCC=CCCCCCCCCCCCC(=O)OC(COC=CCCCCCCCCC=CCCCCCC)COP(=O)(O)OCCN. The number of carbonyl (C=O) groups excluding carboxylic acids is 1. The molecule has 2 atom stereocenters. The van der Waals surface area contributed by atoms with Crippen LogP contribution < -0.4 is 5.73 Å². The van der Waals surface area contributed by atoms with Crippen LogP contribution >= 0.6 is 7.82 Å². The molecule has 2 unspecified atom stereocenters. The van der Waals surface area contributed by atoms with E-state index in [9.17, 15) is 14.3 Å². The molecule has 0 aromatic carbocycles. The molecule has 0 saturated carbocycles. The fourth-order valence-corrected chi connectivity index (χ4v) is 6.75. The summed E-state index contributed by atoms with van der Waals surface area (Å²) in [5.41, 5.74) is 5.36. The zero-order valence-corrected chi connectivity index (χ0v) is 35.8. The summed E-state index contributed by atoms with van der Waals surface area (Å²) in [4.78, 5) is 22.5. The third kappa shape index (κ3) is 41.5. The van der Waals surface area contributed by atoms with Crippen molar-refractivity contribution in [1.29, 1.82) is 0 Å². The summed E-state index contributed by atoms with van der Waals surface area (Å²) in [7, 11) is -4.30. The van der Waals surface area contributed by atoms with Crippen LogP contribution in [0.25, 0.3) is 0 Å². The first-order chi connectivity index (χ1) is 26.4. The predicted molar refractivity (Wildman–Crippen MR) is 228 cm³/mol. The zero-order chi connectivity index (χ0) is 39.5. The van der Waals surface area contributed by atoms with E-state index in [-0.39, 0.29) is 32.3 Å². The summed E-state index contributed by atoms with van der Waals surface area (Å²) in [5, 5.41) is 0. The first-order valence-corrected chi connectivity index (χ1v) is 23.7. The molecule has 54 heavy (non-hydrogen) atoms. The van der Waals surface area contributed by atoms with Crippen molar-refractivity contribution in [2.45, 2.75) is 206 Å². The van der Waals surface area contributed by atoms with Crippen LogP contribution in [0.5, 0.6) is 0 Å². The van der Waals surface area contributed by atoms with E-state index in [0.29, 0.717) is 6.42 Å². The van der Waals surface area contributed by atoms with Gasteiger partial charge in [-0.3, -0.25) is 13.8 Å². The van der Waals surface area contributed by atoms with Crippen LogP contribution in [0, 0.1) is 0 Å². The monoisotopic (exact) mass is 782 g/mol. The molecule has 0 spiro atoms. The molecule has 316 valence electrons. The number of hydrogen-bond acceptors (Lipinski definition) is 7. The number of carbonyl (C=O) groups is 1. The topological polar surface area (TPSA) is 117 Å². The van der Waals surface area contributed by atoms with Crippen LogP contribution in [0.1, 0.15) is 200 Å². The highest BCUT2D eigenvalue weighted by atomic mass is 31.2. The van der Waals surface area contributed by atoms with Gasteiger partial charge in [-0.1, -0.05) is 153 Å². The molecule has 8 nitrogen and oxygen atoms in total. The maximum Gasteiger partial charge on any atom is 0.472 e. The van der Waals surface area contributed by atoms with Gasteiger partial charge in [0.15, 0.2) is 6.10 Å². The Hall–Kier alpha value is -1.70. The van der Waals surface area contributed by atoms with Gasteiger partial charge in [0.2, 0.25) is 0 Å². The van der Waals surface area contributed by atoms with Crippen LogP contribution in [0.4, 0.5) is 0 Å². The van der Waals surface area contributed by atoms with Crippen molar-refractivity contribution in [3.8, 4) is 0 Å². The largest absolute Gasteiger partial charge is 0.498 e. The van der Waals surface area contributed by atoms with E-state index in [0.717, 1.165) is 38.5 Å². The molecule has 0 heterocycles. The first kappa shape index (κ1) is 52.3. The fraction of sp³-hybridized carbons (Fsp3) is 0.800. The van der Waals surface area contributed by atoms with Crippen molar-refractivity contribution in [2.75, 3.05) is 26.4 Å². The second-order valence-electron chi connectivity index (χ2n) is 14.6. The standard InChI is InChI=1S/C45H84NO7P/c1-3-5-7-9-11-13-15-17-19-21-22-23-24-26-28-30-32-34-36-38-45(47)53-44(43-52-54(48,49)51-41-39-46)42-50-40-37-35-33-31-29-27-25-20-18-16-14-12-10-8-6-4-2/h11,13-14,16-17,19,37,40,44H,3-10,12,15,18,20-36,38-39,41-43,46H2,1-2H3,(H,48,49). The maximum atomic E-state index is 12.6. The third-order valence-corrected chi connectivity index (χ3v) is 10.3. The Bertz CT molecular complexity index is 968. The Morgan fingerprint density at radius 3 is 1.52 bits per heavy atom. The first-order valence-electron chi connectivity index (χ1n) is 22.2. The molecule has 0 fully saturated rings. The smallest absolute Gasteiger partial charge is 0.472 e. The third-order valence-electron chi connectivity index (χ3n) is 9.28. The summed E-state index contributed by atoms with van der Waals surface area (Å²) in [6.07, 6.45) is 50.7. The Morgan fingerprint density at radius 1 is 0.574 bits per heavy atom. The fourth-order valence-electron chi connectivity index (χ4n) is 5.99. The Balaban J connectivity index is 4.08. The van der Waals surface area contributed by atoms with Crippen molar-refractivity contribution in [2.24, 2.45) is 5.73 Å². The Labute approximate surface area is 332 Å². The van der Waals surface area contributed by atoms with Crippen molar-refractivity contribution >= 4 is 13.8 Å². The minimum absolute atomic E-state index is 0.0269. The summed E-state index contributed by atoms with van der Waals surface area (Å²) < 4.78 is 33.2. The number of allylic oxidation sites excluding steroid dienone is 7. The van der Waals surface area contributed by atoms with E-state index < -0.39 is 13.9 Å². The van der Waals surface area contributed by atoms with Gasteiger partial charge in [0.05, 0.1) is 19.5 Å². The van der Waals surface area contributed by atoms with E-state index in [1.165, 1.54) is 141 Å². The molecule has 0 bridgehead atoms. The molecular formula is C45H84NO7P. The normalized spacial score (nSPS) is 13.9. The second kappa shape index (κ2) is 42.4. The summed E-state index contributed by atoms with van der Waals surface area (Å²) in [5.74, 6) is -0.359. The molecule has 0 aliphatic rings. The van der Waals surface area contributed by atoms with Gasteiger partial charge >= 0.3 is 13.8 Å². The van der Waals surface area contributed by atoms with Crippen LogP contribution in [0.15, 0.2) is 48.8 Å². The number of esters is 1. The zero-order valence-electron chi connectivity index (χ0n) is 35.0. The van der Waals surface area contributed by atoms with Crippen molar-refractivity contribution in [3.05, 3.63) is 48.8 Å². The highest BCUT2D eigenvalue weighted by Crippen LogP contribution is 2.43. The van der Waals surface area contributed by atoms with Gasteiger partial charge in [0.25, 0.3) is 0 Å². The van der Waals surface area contributed by atoms with Gasteiger partial charge in [0, 0.05) is 13.0 Å². The van der Waals surface area contributed by atoms with Gasteiger partial charge in [-0.25, -0.2) is 4.57 Å². The van der Waals surface area contributed by atoms with Crippen molar-refractivity contribution in [1.82, 2.24) is 0 Å².